The number of hydrogen-bond donors (Lipinski definition) is 2. The highest BCUT2D eigenvalue weighted by atomic mass is 15.3. The van der Waals surface area contributed by atoms with E-state index in [0.717, 1.165) is 22.4 Å². The lowest BCUT2D eigenvalue weighted by molar-refractivity contribution is 0.528. The maximum atomic E-state index is 5.65. The van der Waals surface area contributed by atoms with Gasteiger partial charge in [0.2, 0.25) is 0 Å². The van der Waals surface area contributed by atoms with Gasteiger partial charge in [-0.15, -0.1) is 0 Å². The van der Waals surface area contributed by atoms with E-state index in [1.165, 1.54) is 0 Å². The van der Waals surface area contributed by atoms with Gasteiger partial charge < -0.3 is 0 Å². The molecule has 2 aromatic heterocycles. The minimum absolute atomic E-state index is 0.109. The molecular weight excluding hydrogens is 252 g/mol. The lowest BCUT2D eigenvalue weighted by Crippen LogP contribution is -2.30. The van der Waals surface area contributed by atoms with Gasteiger partial charge in [-0.25, -0.2) is 4.98 Å². The molecule has 3 rings (SSSR count). The Hall–Kier alpha value is -2.31. The lowest BCUT2D eigenvalue weighted by Gasteiger charge is -2.14. The molecule has 0 saturated carbocycles. The largest absolute Gasteiger partial charge is 0.276 e. The van der Waals surface area contributed by atoms with E-state index in [1.807, 2.05) is 43.6 Å². The molecule has 3 aromatic rings. The molecule has 6 heteroatoms. The summed E-state index contributed by atoms with van der Waals surface area (Å²) in [5, 5.41) is 4.36. The van der Waals surface area contributed by atoms with Gasteiger partial charge in [-0.05, 0) is 18.2 Å². The van der Waals surface area contributed by atoms with Crippen LogP contribution >= 0.6 is 0 Å². The fraction of sp³-hybridized carbons (Fsp3) is 0.214. The van der Waals surface area contributed by atoms with Gasteiger partial charge >= 0.3 is 0 Å². The van der Waals surface area contributed by atoms with Gasteiger partial charge in [-0.2, -0.15) is 5.10 Å². The molecule has 2 heterocycles. The SMILES string of the molecule is Cn1ccc(CC(NN)c2cnc3ccccc3n2)n1. The molecule has 0 saturated heterocycles. The number of rotatable bonds is 4. The van der Waals surface area contributed by atoms with Crippen LogP contribution in [0.1, 0.15) is 17.4 Å². The van der Waals surface area contributed by atoms with Gasteiger partial charge in [0.05, 0.1) is 34.7 Å². The van der Waals surface area contributed by atoms with Crippen LogP contribution in [0.5, 0.6) is 0 Å². The summed E-state index contributed by atoms with van der Waals surface area (Å²) in [6.07, 6.45) is 4.34. The van der Waals surface area contributed by atoms with E-state index in [2.05, 4.69) is 20.5 Å². The monoisotopic (exact) mass is 268 g/mol. The first kappa shape index (κ1) is 12.7. The van der Waals surface area contributed by atoms with Crippen LogP contribution in [0.2, 0.25) is 0 Å². The molecule has 0 radical (unpaired) electrons. The topological polar surface area (TPSA) is 81.7 Å². The third-order valence-electron chi connectivity index (χ3n) is 3.21. The maximum Gasteiger partial charge on any atom is 0.0890 e. The molecule has 0 aliphatic carbocycles. The summed E-state index contributed by atoms with van der Waals surface area (Å²) < 4.78 is 1.77. The van der Waals surface area contributed by atoms with E-state index in [9.17, 15) is 0 Å². The molecule has 0 bridgehead atoms. The highest BCUT2D eigenvalue weighted by Crippen LogP contribution is 2.17. The number of aryl methyl sites for hydroxylation is 1. The standard InChI is InChI=1S/C14H16N6/c1-20-7-6-10(19-20)8-13(18-15)14-9-16-11-4-2-3-5-12(11)17-14/h2-7,9,13,18H,8,15H2,1H3. The highest BCUT2D eigenvalue weighted by molar-refractivity contribution is 5.73. The van der Waals surface area contributed by atoms with Crippen molar-refractivity contribution in [2.24, 2.45) is 12.9 Å². The zero-order chi connectivity index (χ0) is 13.9. The molecule has 0 aliphatic rings. The number of hydrogen-bond acceptors (Lipinski definition) is 5. The van der Waals surface area contributed by atoms with Gasteiger partial charge in [0.25, 0.3) is 0 Å². The quantitative estimate of drug-likeness (QED) is 0.547. The van der Waals surface area contributed by atoms with Crippen molar-refractivity contribution in [1.29, 1.82) is 0 Å². The first-order valence-corrected chi connectivity index (χ1v) is 6.42. The molecule has 20 heavy (non-hydrogen) atoms. The van der Waals surface area contributed by atoms with Crippen molar-refractivity contribution in [2.45, 2.75) is 12.5 Å². The van der Waals surface area contributed by atoms with E-state index < -0.39 is 0 Å². The highest BCUT2D eigenvalue weighted by Gasteiger charge is 2.14. The van der Waals surface area contributed by atoms with Gasteiger partial charge in [0.1, 0.15) is 0 Å². The van der Waals surface area contributed by atoms with E-state index in [0.29, 0.717) is 6.42 Å². The second-order valence-corrected chi connectivity index (χ2v) is 4.69. The van der Waals surface area contributed by atoms with Gasteiger partial charge in [-0.1, -0.05) is 12.1 Å². The molecule has 1 atom stereocenters. The second-order valence-electron chi connectivity index (χ2n) is 4.69. The normalized spacial score (nSPS) is 12.7. The van der Waals surface area contributed by atoms with Crippen LogP contribution in [0.15, 0.2) is 42.7 Å². The van der Waals surface area contributed by atoms with E-state index in [4.69, 9.17) is 5.84 Å². The molecule has 0 spiro atoms. The number of aromatic nitrogens is 4. The Balaban J connectivity index is 1.90. The van der Waals surface area contributed by atoms with Crippen molar-refractivity contribution in [2.75, 3.05) is 0 Å². The van der Waals surface area contributed by atoms with Crippen LogP contribution in [-0.2, 0) is 13.5 Å². The molecule has 6 nitrogen and oxygen atoms in total. The summed E-state index contributed by atoms with van der Waals surface area (Å²) in [5.41, 5.74) is 6.32. The number of fused-ring (bicyclic) bond motifs is 1. The third-order valence-corrected chi connectivity index (χ3v) is 3.21. The maximum absolute atomic E-state index is 5.65. The predicted molar refractivity (Wildman–Crippen MR) is 76.5 cm³/mol. The molecular formula is C14H16N6. The Kier molecular flexibility index (Phi) is 3.41. The molecule has 0 aliphatic heterocycles. The van der Waals surface area contributed by atoms with Crippen molar-refractivity contribution in [1.82, 2.24) is 25.2 Å². The lowest BCUT2D eigenvalue weighted by atomic mass is 10.1. The van der Waals surface area contributed by atoms with Crippen molar-refractivity contribution in [3.8, 4) is 0 Å². The number of nitrogens with two attached hydrogens (primary N) is 1. The zero-order valence-corrected chi connectivity index (χ0v) is 11.2. The van der Waals surface area contributed by atoms with Crippen molar-refractivity contribution >= 4 is 11.0 Å². The Morgan fingerprint density at radius 3 is 2.75 bits per heavy atom. The zero-order valence-electron chi connectivity index (χ0n) is 11.2. The fourth-order valence-corrected chi connectivity index (χ4v) is 2.17. The van der Waals surface area contributed by atoms with Crippen molar-refractivity contribution in [3.63, 3.8) is 0 Å². The van der Waals surface area contributed by atoms with E-state index >= 15 is 0 Å². The van der Waals surface area contributed by atoms with Gasteiger partial charge in [0.15, 0.2) is 0 Å². The number of para-hydroxylation sites is 2. The minimum atomic E-state index is -0.109. The third kappa shape index (κ3) is 2.52. The molecule has 0 fully saturated rings. The molecule has 1 unspecified atom stereocenters. The van der Waals surface area contributed by atoms with Crippen molar-refractivity contribution < 1.29 is 0 Å². The average molecular weight is 268 g/mol. The summed E-state index contributed by atoms with van der Waals surface area (Å²) in [6, 6.07) is 9.64. The number of hydrazine groups is 1. The van der Waals surface area contributed by atoms with Gasteiger partial charge in [0, 0.05) is 19.7 Å². The number of nitrogens with one attached hydrogen (secondary N) is 1. The predicted octanol–water partition coefficient (Wildman–Crippen LogP) is 1.11. The van der Waals surface area contributed by atoms with Gasteiger partial charge in [-0.3, -0.25) is 20.9 Å². The Labute approximate surface area is 116 Å². The van der Waals surface area contributed by atoms with Crippen LogP contribution in [-0.4, -0.2) is 19.7 Å². The fourth-order valence-electron chi connectivity index (χ4n) is 2.17. The number of benzene rings is 1. The van der Waals surface area contributed by atoms with Crippen LogP contribution < -0.4 is 11.3 Å². The van der Waals surface area contributed by atoms with E-state index in [-0.39, 0.29) is 6.04 Å². The first-order valence-electron chi connectivity index (χ1n) is 6.42. The Bertz CT molecular complexity index is 720. The van der Waals surface area contributed by atoms with Crippen LogP contribution in [0.4, 0.5) is 0 Å². The molecule has 3 N–H and O–H groups in total. The second kappa shape index (κ2) is 5.36. The number of nitrogens with zero attached hydrogens (tertiary/aromatic N) is 4. The summed E-state index contributed by atoms with van der Waals surface area (Å²) in [6.45, 7) is 0. The first-order chi connectivity index (χ1) is 9.76. The Morgan fingerprint density at radius 2 is 2.05 bits per heavy atom. The van der Waals surface area contributed by atoms with Crippen LogP contribution in [0.25, 0.3) is 11.0 Å². The van der Waals surface area contributed by atoms with E-state index in [1.54, 1.807) is 10.9 Å². The minimum Gasteiger partial charge on any atom is -0.276 e. The molecule has 0 amide bonds. The summed E-state index contributed by atoms with van der Waals surface area (Å²) >= 11 is 0. The molecule has 1 aromatic carbocycles. The van der Waals surface area contributed by atoms with Crippen molar-refractivity contribution in [3.05, 3.63) is 54.1 Å². The Morgan fingerprint density at radius 1 is 1.25 bits per heavy atom. The molecule has 102 valence electrons. The average Bonchev–Trinajstić information content (AvgIpc) is 2.89. The summed E-state index contributed by atoms with van der Waals surface area (Å²) in [4.78, 5) is 9.02. The van der Waals surface area contributed by atoms with Crippen LogP contribution in [0.3, 0.4) is 0 Å². The summed E-state index contributed by atoms with van der Waals surface area (Å²) in [5.74, 6) is 5.65. The summed E-state index contributed by atoms with van der Waals surface area (Å²) in [7, 11) is 1.89. The smallest absolute Gasteiger partial charge is 0.0890 e. The van der Waals surface area contributed by atoms with Crippen LogP contribution in [0, 0.1) is 0 Å².